The molecule has 2 aromatic carbocycles. The van der Waals surface area contributed by atoms with Gasteiger partial charge in [0, 0.05) is 11.8 Å². The lowest BCUT2D eigenvalue weighted by atomic mass is 10.2. The van der Waals surface area contributed by atoms with E-state index >= 15 is 0 Å². The van der Waals surface area contributed by atoms with Crippen LogP contribution in [0.3, 0.4) is 0 Å². The van der Waals surface area contributed by atoms with E-state index in [0.29, 0.717) is 28.0 Å². The zero-order valence-corrected chi connectivity index (χ0v) is 12.5. The molecule has 6 heteroatoms. The summed E-state index contributed by atoms with van der Waals surface area (Å²) in [5.74, 6) is 0.466. The van der Waals surface area contributed by atoms with Crippen molar-refractivity contribution in [2.24, 2.45) is 0 Å². The maximum atomic E-state index is 12.2. The van der Waals surface area contributed by atoms with Gasteiger partial charge in [0.2, 0.25) is 5.91 Å². The van der Waals surface area contributed by atoms with Gasteiger partial charge in [-0.15, -0.1) is 0 Å². The van der Waals surface area contributed by atoms with Crippen molar-refractivity contribution < 1.29 is 9.53 Å². The van der Waals surface area contributed by atoms with Crippen LogP contribution < -0.4 is 10.1 Å². The second-order valence-electron chi connectivity index (χ2n) is 4.94. The average molecular weight is 306 g/mol. The maximum Gasteiger partial charge on any atom is 0.244 e. The van der Waals surface area contributed by atoms with E-state index in [2.05, 4.69) is 16.4 Å². The molecule has 0 aliphatic carbocycles. The van der Waals surface area contributed by atoms with Crippen LogP contribution in [0.5, 0.6) is 5.75 Å². The summed E-state index contributed by atoms with van der Waals surface area (Å²) in [6, 6.07) is 14.5. The molecule has 0 aliphatic rings. The summed E-state index contributed by atoms with van der Waals surface area (Å²) in [4.78, 5) is 16.5. The fraction of sp³-hybridized carbons (Fsp3) is 0.118. The van der Waals surface area contributed by atoms with Gasteiger partial charge in [-0.05, 0) is 24.3 Å². The summed E-state index contributed by atoms with van der Waals surface area (Å²) in [6.45, 7) is 0.0758. The number of hydrogen-bond donors (Lipinski definition) is 1. The molecule has 0 aliphatic heterocycles. The van der Waals surface area contributed by atoms with Crippen LogP contribution in [0.15, 0.2) is 48.8 Å². The molecule has 0 saturated heterocycles. The molecule has 0 bridgehead atoms. The molecule has 0 radical (unpaired) electrons. The first kappa shape index (κ1) is 14.6. The molecular weight excluding hydrogens is 292 g/mol. The number of nitriles is 1. The van der Waals surface area contributed by atoms with Gasteiger partial charge in [-0.25, -0.2) is 4.98 Å². The Balaban J connectivity index is 1.82. The van der Waals surface area contributed by atoms with Crippen molar-refractivity contribution in [3.63, 3.8) is 0 Å². The summed E-state index contributed by atoms with van der Waals surface area (Å²) in [5.41, 5.74) is 2.50. The number of para-hydroxylation sites is 1. The minimum atomic E-state index is -0.203. The normalized spacial score (nSPS) is 10.3. The first-order chi connectivity index (χ1) is 11.2. The lowest BCUT2D eigenvalue weighted by molar-refractivity contribution is -0.116. The van der Waals surface area contributed by atoms with Crippen LogP contribution in [0.2, 0.25) is 0 Å². The average Bonchev–Trinajstić information content (AvgIpc) is 2.98. The molecule has 1 heterocycles. The fourth-order valence-electron chi connectivity index (χ4n) is 2.39. The highest BCUT2D eigenvalue weighted by Crippen LogP contribution is 2.19. The molecule has 0 spiro atoms. The Bertz CT molecular complexity index is 908. The number of nitrogens with one attached hydrogen (secondary N) is 1. The van der Waals surface area contributed by atoms with Gasteiger partial charge in [-0.2, -0.15) is 5.26 Å². The number of hydrogen-bond acceptors (Lipinski definition) is 4. The first-order valence-corrected chi connectivity index (χ1v) is 6.99. The number of methoxy groups -OCH3 is 1. The maximum absolute atomic E-state index is 12.2. The van der Waals surface area contributed by atoms with Crippen molar-refractivity contribution in [2.45, 2.75) is 6.54 Å². The van der Waals surface area contributed by atoms with E-state index in [1.807, 2.05) is 6.07 Å². The molecule has 0 fully saturated rings. The van der Waals surface area contributed by atoms with Crippen molar-refractivity contribution in [3.8, 4) is 11.8 Å². The van der Waals surface area contributed by atoms with Crippen LogP contribution in [-0.4, -0.2) is 22.6 Å². The zero-order chi connectivity index (χ0) is 16.2. The van der Waals surface area contributed by atoms with Gasteiger partial charge in [0.25, 0.3) is 0 Å². The fourth-order valence-corrected chi connectivity index (χ4v) is 2.39. The topological polar surface area (TPSA) is 79.9 Å². The highest BCUT2D eigenvalue weighted by Gasteiger charge is 2.11. The third kappa shape index (κ3) is 2.99. The first-order valence-electron chi connectivity index (χ1n) is 6.99. The van der Waals surface area contributed by atoms with Crippen molar-refractivity contribution >= 4 is 22.6 Å². The lowest BCUT2D eigenvalue weighted by Crippen LogP contribution is -2.18. The van der Waals surface area contributed by atoms with E-state index in [1.54, 1.807) is 54.4 Å². The summed E-state index contributed by atoms with van der Waals surface area (Å²) in [5, 5.41) is 12.0. The van der Waals surface area contributed by atoms with Crippen molar-refractivity contribution in [1.82, 2.24) is 9.55 Å². The number of carbonyl (C=O) groups excluding carboxylic acids is 1. The molecule has 3 aromatic rings. The number of aromatic nitrogens is 2. The monoisotopic (exact) mass is 306 g/mol. The van der Waals surface area contributed by atoms with Crippen LogP contribution in [0.1, 0.15) is 5.56 Å². The number of anilines is 1. The van der Waals surface area contributed by atoms with Gasteiger partial charge in [-0.3, -0.25) is 4.79 Å². The largest absolute Gasteiger partial charge is 0.497 e. The lowest BCUT2D eigenvalue weighted by Gasteiger charge is -2.08. The van der Waals surface area contributed by atoms with Gasteiger partial charge in [-0.1, -0.05) is 12.1 Å². The van der Waals surface area contributed by atoms with Crippen LogP contribution in [0.25, 0.3) is 11.0 Å². The van der Waals surface area contributed by atoms with E-state index in [-0.39, 0.29) is 12.5 Å². The summed E-state index contributed by atoms with van der Waals surface area (Å²) in [6.07, 6.45) is 1.57. The SMILES string of the molecule is COc1cccc(NC(=O)Cn2cnc3cccc(C#N)c32)c1. The number of fused-ring (bicyclic) bond motifs is 1. The van der Waals surface area contributed by atoms with Gasteiger partial charge in [0.05, 0.1) is 30.0 Å². The number of nitrogens with zero attached hydrogens (tertiary/aromatic N) is 3. The highest BCUT2D eigenvalue weighted by atomic mass is 16.5. The third-order valence-corrected chi connectivity index (χ3v) is 3.43. The smallest absolute Gasteiger partial charge is 0.244 e. The Morgan fingerprint density at radius 1 is 1.35 bits per heavy atom. The molecular formula is C17H14N4O2. The van der Waals surface area contributed by atoms with Gasteiger partial charge in [0.15, 0.2) is 0 Å². The van der Waals surface area contributed by atoms with Crippen molar-refractivity contribution in [1.29, 1.82) is 5.26 Å². The number of ether oxygens (including phenoxy) is 1. The zero-order valence-electron chi connectivity index (χ0n) is 12.5. The molecule has 1 amide bonds. The van der Waals surface area contributed by atoms with E-state index in [1.165, 1.54) is 0 Å². The van der Waals surface area contributed by atoms with Crippen LogP contribution in [0.4, 0.5) is 5.69 Å². The molecule has 23 heavy (non-hydrogen) atoms. The Morgan fingerprint density at radius 3 is 2.96 bits per heavy atom. The Kier molecular flexibility index (Phi) is 3.93. The summed E-state index contributed by atoms with van der Waals surface area (Å²) < 4.78 is 6.80. The Morgan fingerprint density at radius 2 is 2.17 bits per heavy atom. The summed E-state index contributed by atoms with van der Waals surface area (Å²) in [7, 11) is 1.57. The minimum absolute atomic E-state index is 0.0758. The molecule has 114 valence electrons. The number of rotatable bonds is 4. The Labute approximate surface area is 132 Å². The van der Waals surface area contributed by atoms with Crippen LogP contribution in [-0.2, 0) is 11.3 Å². The van der Waals surface area contributed by atoms with Gasteiger partial charge in [0.1, 0.15) is 18.4 Å². The van der Waals surface area contributed by atoms with Crippen molar-refractivity contribution in [2.75, 3.05) is 12.4 Å². The van der Waals surface area contributed by atoms with E-state index in [0.717, 1.165) is 0 Å². The summed E-state index contributed by atoms with van der Waals surface area (Å²) >= 11 is 0. The number of imidazole rings is 1. The van der Waals surface area contributed by atoms with Gasteiger partial charge < -0.3 is 14.6 Å². The van der Waals surface area contributed by atoms with E-state index in [4.69, 9.17) is 4.74 Å². The molecule has 1 aromatic heterocycles. The third-order valence-electron chi connectivity index (χ3n) is 3.43. The Hall–Kier alpha value is -3.33. The molecule has 0 saturated carbocycles. The molecule has 1 N–H and O–H groups in total. The van der Waals surface area contributed by atoms with Crippen LogP contribution in [0, 0.1) is 11.3 Å². The number of amides is 1. The second-order valence-corrected chi connectivity index (χ2v) is 4.94. The quantitative estimate of drug-likeness (QED) is 0.803. The second kappa shape index (κ2) is 6.20. The number of benzene rings is 2. The highest BCUT2D eigenvalue weighted by molar-refractivity contribution is 5.92. The molecule has 0 unspecified atom stereocenters. The standard InChI is InChI=1S/C17H14N4O2/c1-23-14-6-3-5-13(8-14)20-16(22)10-21-11-19-15-7-2-4-12(9-18)17(15)21/h2-8,11H,10H2,1H3,(H,20,22). The predicted molar refractivity (Wildman–Crippen MR) is 86.1 cm³/mol. The number of carbonyl (C=O) groups is 1. The van der Waals surface area contributed by atoms with Gasteiger partial charge >= 0.3 is 0 Å². The molecule has 6 nitrogen and oxygen atoms in total. The molecule has 3 rings (SSSR count). The molecule has 0 atom stereocenters. The van der Waals surface area contributed by atoms with E-state index < -0.39 is 0 Å². The van der Waals surface area contributed by atoms with Crippen molar-refractivity contribution in [3.05, 3.63) is 54.4 Å². The minimum Gasteiger partial charge on any atom is -0.497 e. The predicted octanol–water partition coefficient (Wildman–Crippen LogP) is 2.56. The van der Waals surface area contributed by atoms with Crippen LogP contribution >= 0.6 is 0 Å². The van der Waals surface area contributed by atoms with E-state index in [9.17, 15) is 10.1 Å².